The molecule has 1 heterocycles. The Morgan fingerprint density at radius 1 is 1.32 bits per heavy atom. The van der Waals surface area contributed by atoms with E-state index in [2.05, 4.69) is 37.4 Å². The molecule has 100 valence electrons. The van der Waals surface area contributed by atoms with Gasteiger partial charge in [0.25, 0.3) is 0 Å². The largest absolute Gasteiger partial charge is 0.305 e. The molecule has 0 fully saturated rings. The summed E-state index contributed by atoms with van der Waals surface area (Å²) in [7, 11) is 0. The van der Waals surface area contributed by atoms with Gasteiger partial charge in [0.05, 0.1) is 0 Å². The lowest BCUT2D eigenvalue weighted by atomic mass is 10.1. The summed E-state index contributed by atoms with van der Waals surface area (Å²) >= 11 is 7.94. The Hall–Kier alpha value is -0.830. The highest BCUT2D eigenvalue weighted by Gasteiger charge is 2.22. The Morgan fingerprint density at radius 2 is 2.16 bits per heavy atom. The third kappa shape index (κ3) is 2.71. The van der Waals surface area contributed by atoms with Crippen LogP contribution in [0.3, 0.4) is 0 Å². The Labute approximate surface area is 123 Å². The monoisotopic (exact) mass is 291 g/mol. The van der Waals surface area contributed by atoms with Gasteiger partial charge in [0.15, 0.2) is 0 Å². The van der Waals surface area contributed by atoms with Crippen LogP contribution in [0.25, 0.3) is 0 Å². The smallest absolute Gasteiger partial charge is 0.0408 e. The van der Waals surface area contributed by atoms with Crippen molar-refractivity contribution in [2.75, 3.05) is 0 Å². The maximum Gasteiger partial charge on any atom is 0.0408 e. The maximum atomic E-state index is 6.05. The third-order valence-corrected chi connectivity index (χ3v) is 5.31. The molecule has 1 nitrogen and oxygen atoms in total. The minimum atomic E-state index is 0.481. The summed E-state index contributed by atoms with van der Waals surface area (Å²) in [6, 6.07) is 9.06. The van der Waals surface area contributed by atoms with Crippen LogP contribution in [-0.2, 0) is 13.0 Å². The molecule has 1 aromatic carbocycles. The van der Waals surface area contributed by atoms with E-state index in [1.54, 1.807) is 0 Å². The molecule has 1 aromatic heterocycles. The second-order valence-electron chi connectivity index (χ2n) is 5.27. The highest BCUT2D eigenvalue weighted by Crippen LogP contribution is 2.33. The van der Waals surface area contributed by atoms with Gasteiger partial charge in [0, 0.05) is 27.4 Å². The van der Waals surface area contributed by atoms with Crippen molar-refractivity contribution in [3.05, 3.63) is 55.7 Å². The van der Waals surface area contributed by atoms with Gasteiger partial charge in [-0.25, -0.2) is 0 Å². The molecule has 1 N–H and O–H groups in total. The highest BCUT2D eigenvalue weighted by atomic mass is 35.5. The minimum absolute atomic E-state index is 0.481. The van der Waals surface area contributed by atoms with Crippen LogP contribution in [-0.4, -0.2) is 0 Å². The molecule has 1 unspecified atom stereocenters. The predicted octanol–water partition coefficient (Wildman–Crippen LogP) is 4.80. The number of halogens is 1. The van der Waals surface area contributed by atoms with Crippen molar-refractivity contribution in [1.82, 2.24) is 5.32 Å². The molecule has 1 atom stereocenters. The van der Waals surface area contributed by atoms with Crippen LogP contribution in [0.5, 0.6) is 0 Å². The Bertz CT molecular complexity index is 583. The SMILES string of the molecule is Cc1cc(CNC2CCc3cc(Cl)ccc32)sc1C. The summed E-state index contributed by atoms with van der Waals surface area (Å²) in [5.74, 6) is 0. The maximum absolute atomic E-state index is 6.05. The summed E-state index contributed by atoms with van der Waals surface area (Å²) in [5.41, 5.74) is 4.23. The van der Waals surface area contributed by atoms with E-state index in [1.165, 1.54) is 32.9 Å². The zero-order chi connectivity index (χ0) is 13.4. The molecule has 0 spiro atoms. The molecule has 19 heavy (non-hydrogen) atoms. The molecule has 0 saturated carbocycles. The van der Waals surface area contributed by atoms with Gasteiger partial charge in [0.2, 0.25) is 0 Å². The fourth-order valence-corrected chi connectivity index (χ4v) is 3.96. The second-order valence-corrected chi connectivity index (χ2v) is 7.04. The first-order valence-corrected chi connectivity index (χ1v) is 7.90. The van der Waals surface area contributed by atoms with Crippen LogP contribution < -0.4 is 5.32 Å². The molecule has 0 radical (unpaired) electrons. The molecule has 0 bridgehead atoms. The van der Waals surface area contributed by atoms with Gasteiger partial charge in [-0.2, -0.15) is 0 Å². The third-order valence-electron chi connectivity index (χ3n) is 3.92. The van der Waals surface area contributed by atoms with E-state index in [0.29, 0.717) is 6.04 Å². The summed E-state index contributed by atoms with van der Waals surface area (Å²) in [5, 5.41) is 4.53. The lowest BCUT2D eigenvalue weighted by molar-refractivity contribution is 0.533. The number of benzene rings is 1. The Balaban J connectivity index is 1.70. The molecular formula is C16H18ClNS. The highest BCUT2D eigenvalue weighted by molar-refractivity contribution is 7.12. The molecule has 1 aliphatic carbocycles. The fraction of sp³-hybridized carbons (Fsp3) is 0.375. The zero-order valence-electron chi connectivity index (χ0n) is 11.3. The van der Waals surface area contributed by atoms with E-state index in [0.717, 1.165) is 18.0 Å². The first kappa shape index (κ1) is 13.2. The van der Waals surface area contributed by atoms with Crippen molar-refractivity contribution < 1.29 is 0 Å². The number of hydrogen-bond acceptors (Lipinski definition) is 2. The van der Waals surface area contributed by atoms with Crippen molar-refractivity contribution in [2.24, 2.45) is 0 Å². The van der Waals surface area contributed by atoms with Gasteiger partial charge in [-0.15, -0.1) is 11.3 Å². The molecule has 2 aromatic rings. The normalized spacial score (nSPS) is 17.7. The van der Waals surface area contributed by atoms with Crippen LogP contribution in [0.15, 0.2) is 24.3 Å². The van der Waals surface area contributed by atoms with E-state index in [9.17, 15) is 0 Å². The van der Waals surface area contributed by atoms with E-state index in [4.69, 9.17) is 11.6 Å². The summed E-state index contributed by atoms with van der Waals surface area (Å²) in [6.45, 7) is 5.34. The van der Waals surface area contributed by atoms with Crippen LogP contribution in [0.4, 0.5) is 0 Å². The van der Waals surface area contributed by atoms with E-state index in [-0.39, 0.29) is 0 Å². The van der Waals surface area contributed by atoms with Crippen molar-refractivity contribution >= 4 is 22.9 Å². The number of aryl methyl sites for hydroxylation is 3. The molecule has 1 aliphatic rings. The first-order chi connectivity index (χ1) is 9.13. The lowest BCUT2D eigenvalue weighted by Crippen LogP contribution is -2.17. The quantitative estimate of drug-likeness (QED) is 0.857. The molecule has 3 heteroatoms. The second kappa shape index (κ2) is 5.28. The van der Waals surface area contributed by atoms with Crippen LogP contribution in [0.1, 0.15) is 38.9 Å². The van der Waals surface area contributed by atoms with E-state index >= 15 is 0 Å². The van der Waals surface area contributed by atoms with Crippen molar-refractivity contribution in [1.29, 1.82) is 0 Å². The standard InChI is InChI=1S/C16H18ClNS/c1-10-7-14(19-11(10)2)9-18-16-6-3-12-8-13(17)4-5-15(12)16/h4-5,7-8,16,18H,3,6,9H2,1-2H3. The topological polar surface area (TPSA) is 12.0 Å². The summed E-state index contributed by atoms with van der Waals surface area (Å²) in [4.78, 5) is 2.85. The average molecular weight is 292 g/mol. The van der Waals surface area contributed by atoms with Crippen LogP contribution >= 0.6 is 22.9 Å². The van der Waals surface area contributed by atoms with Crippen molar-refractivity contribution in [3.63, 3.8) is 0 Å². The van der Waals surface area contributed by atoms with Gasteiger partial charge in [-0.3, -0.25) is 0 Å². The molecule has 3 rings (SSSR count). The number of fused-ring (bicyclic) bond motifs is 1. The van der Waals surface area contributed by atoms with Gasteiger partial charge in [0.1, 0.15) is 0 Å². The van der Waals surface area contributed by atoms with Gasteiger partial charge < -0.3 is 5.32 Å². The van der Waals surface area contributed by atoms with Crippen molar-refractivity contribution in [3.8, 4) is 0 Å². The van der Waals surface area contributed by atoms with Gasteiger partial charge in [-0.1, -0.05) is 17.7 Å². The molecule has 0 aliphatic heterocycles. The van der Waals surface area contributed by atoms with Crippen molar-refractivity contribution in [2.45, 2.75) is 39.3 Å². The minimum Gasteiger partial charge on any atom is -0.305 e. The zero-order valence-corrected chi connectivity index (χ0v) is 12.9. The Morgan fingerprint density at radius 3 is 2.89 bits per heavy atom. The lowest BCUT2D eigenvalue weighted by Gasteiger charge is -2.13. The van der Waals surface area contributed by atoms with Crippen LogP contribution in [0.2, 0.25) is 5.02 Å². The number of rotatable bonds is 3. The predicted molar refractivity (Wildman–Crippen MR) is 83.1 cm³/mol. The number of hydrogen-bond donors (Lipinski definition) is 1. The molecular weight excluding hydrogens is 274 g/mol. The van der Waals surface area contributed by atoms with E-state index < -0.39 is 0 Å². The fourth-order valence-electron chi connectivity index (χ4n) is 2.76. The number of nitrogens with one attached hydrogen (secondary N) is 1. The summed E-state index contributed by atoms with van der Waals surface area (Å²) < 4.78 is 0. The summed E-state index contributed by atoms with van der Waals surface area (Å²) in [6.07, 6.45) is 2.31. The van der Waals surface area contributed by atoms with Gasteiger partial charge in [-0.05, 0) is 61.6 Å². The Kier molecular flexibility index (Phi) is 3.66. The van der Waals surface area contributed by atoms with E-state index in [1.807, 2.05) is 17.4 Å². The van der Waals surface area contributed by atoms with Gasteiger partial charge >= 0.3 is 0 Å². The first-order valence-electron chi connectivity index (χ1n) is 6.71. The average Bonchev–Trinajstić information content (AvgIpc) is 2.91. The van der Waals surface area contributed by atoms with Crippen LogP contribution in [0, 0.1) is 13.8 Å². The molecule has 0 saturated heterocycles. The number of thiophene rings is 1. The molecule has 0 amide bonds.